The minimum Gasteiger partial charge on any atom is -0.489 e. The van der Waals surface area contributed by atoms with Crippen molar-refractivity contribution >= 4 is 17.2 Å². The van der Waals surface area contributed by atoms with Crippen molar-refractivity contribution in [2.24, 2.45) is 0 Å². The molecule has 0 atom stereocenters. The minimum atomic E-state index is -0.347. The van der Waals surface area contributed by atoms with Gasteiger partial charge in [-0.05, 0) is 35.9 Å². The number of thiazole rings is 1. The van der Waals surface area contributed by atoms with Crippen LogP contribution in [-0.4, -0.2) is 10.9 Å². The van der Waals surface area contributed by atoms with Gasteiger partial charge in [-0.2, -0.15) is 0 Å². The van der Waals surface area contributed by atoms with Gasteiger partial charge in [-0.3, -0.25) is 4.79 Å². The van der Waals surface area contributed by atoms with E-state index in [-0.39, 0.29) is 36.4 Å². The molecule has 1 amide bonds. The number of carbonyl (C=O) groups is 1. The second-order valence-electron chi connectivity index (χ2n) is 6.76. The molecule has 0 aliphatic carbocycles. The predicted molar refractivity (Wildman–Crippen MR) is 116 cm³/mol. The largest absolute Gasteiger partial charge is 0.489 e. The third-order valence-corrected chi connectivity index (χ3v) is 5.40. The quantitative estimate of drug-likeness (QED) is 0.410. The second-order valence-corrected chi connectivity index (χ2v) is 7.62. The Morgan fingerprint density at radius 3 is 2.68 bits per heavy atom. The predicted octanol–water partition coefficient (Wildman–Crippen LogP) is 5.60. The van der Waals surface area contributed by atoms with E-state index >= 15 is 0 Å². The average molecular weight is 436 g/mol. The molecule has 4 aromatic rings. The van der Waals surface area contributed by atoms with Gasteiger partial charge >= 0.3 is 0 Å². The van der Waals surface area contributed by atoms with Gasteiger partial charge < -0.3 is 10.1 Å². The zero-order valence-corrected chi connectivity index (χ0v) is 17.2. The van der Waals surface area contributed by atoms with Crippen LogP contribution >= 0.6 is 11.3 Å². The molecule has 4 rings (SSSR count). The van der Waals surface area contributed by atoms with E-state index in [1.54, 1.807) is 47.8 Å². The van der Waals surface area contributed by atoms with Crippen LogP contribution in [0.15, 0.2) is 78.2 Å². The van der Waals surface area contributed by atoms with Crippen LogP contribution in [0.3, 0.4) is 0 Å². The molecule has 0 unspecified atom stereocenters. The summed E-state index contributed by atoms with van der Waals surface area (Å²) in [5.41, 5.74) is 2.22. The highest BCUT2D eigenvalue weighted by Crippen LogP contribution is 2.27. The van der Waals surface area contributed by atoms with Gasteiger partial charge in [-0.1, -0.05) is 42.5 Å². The molecule has 0 bridgehead atoms. The molecule has 31 heavy (non-hydrogen) atoms. The number of hydrogen-bond donors (Lipinski definition) is 1. The standard InChI is InChI=1S/C24H18F2N2O2S/c25-19-8-3-5-16(11-19)13-27-23(29)22-15-31-24(28-22)17-7-4-9-20(12-17)30-14-18-6-1-2-10-21(18)26/h1-12,15H,13-14H2,(H,27,29). The van der Waals surface area contributed by atoms with E-state index in [0.29, 0.717) is 21.9 Å². The summed E-state index contributed by atoms with van der Waals surface area (Å²) in [5, 5.41) is 5.07. The highest BCUT2D eigenvalue weighted by molar-refractivity contribution is 7.13. The van der Waals surface area contributed by atoms with Gasteiger partial charge in [0.1, 0.15) is 34.7 Å². The van der Waals surface area contributed by atoms with Crippen LogP contribution in [0.5, 0.6) is 5.75 Å². The van der Waals surface area contributed by atoms with Gasteiger partial charge in [-0.25, -0.2) is 13.8 Å². The Morgan fingerprint density at radius 2 is 1.84 bits per heavy atom. The Hall–Kier alpha value is -3.58. The molecule has 4 nitrogen and oxygen atoms in total. The molecular formula is C24H18F2N2O2S. The average Bonchev–Trinajstić information content (AvgIpc) is 3.28. The van der Waals surface area contributed by atoms with E-state index in [1.165, 1.54) is 29.5 Å². The summed E-state index contributed by atoms with van der Waals surface area (Å²) in [5.74, 6) is -0.418. The summed E-state index contributed by atoms with van der Waals surface area (Å²) in [6, 6.07) is 19.8. The first-order chi connectivity index (χ1) is 15.1. The third kappa shape index (κ3) is 5.32. The highest BCUT2D eigenvalue weighted by Gasteiger charge is 2.12. The van der Waals surface area contributed by atoms with E-state index in [2.05, 4.69) is 10.3 Å². The van der Waals surface area contributed by atoms with Crippen molar-refractivity contribution < 1.29 is 18.3 Å². The summed E-state index contributed by atoms with van der Waals surface area (Å²) in [4.78, 5) is 16.8. The van der Waals surface area contributed by atoms with Gasteiger partial charge in [0.05, 0.1) is 0 Å². The molecular weight excluding hydrogens is 418 g/mol. The Labute approximate surface area is 182 Å². The molecule has 156 valence electrons. The molecule has 0 spiro atoms. The molecule has 0 saturated heterocycles. The lowest BCUT2D eigenvalue weighted by molar-refractivity contribution is 0.0946. The Morgan fingerprint density at radius 1 is 1.00 bits per heavy atom. The molecule has 1 aromatic heterocycles. The van der Waals surface area contributed by atoms with Crippen molar-refractivity contribution in [1.82, 2.24) is 10.3 Å². The minimum absolute atomic E-state index is 0.113. The van der Waals surface area contributed by atoms with Crippen LogP contribution in [0.4, 0.5) is 8.78 Å². The van der Waals surface area contributed by atoms with E-state index in [1.807, 2.05) is 12.1 Å². The number of hydrogen-bond acceptors (Lipinski definition) is 4. The topological polar surface area (TPSA) is 51.2 Å². The zero-order valence-electron chi connectivity index (χ0n) is 16.3. The summed E-state index contributed by atoms with van der Waals surface area (Å²) >= 11 is 1.33. The number of amides is 1. The molecule has 1 N–H and O–H groups in total. The van der Waals surface area contributed by atoms with Crippen molar-refractivity contribution in [3.63, 3.8) is 0 Å². The van der Waals surface area contributed by atoms with E-state index < -0.39 is 0 Å². The SMILES string of the molecule is O=C(NCc1cccc(F)c1)c1csc(-c2cccc(OCc3ccccc3F)c2)n1. The van der Waals surface area contributed by atoms with Crippen molar-refractivity contribution in [2.45, 2.75) is 13.2 Å². The first-order valence-corrected chi connectivity index (χ1v) is 10.4. The lowest BCUT2D eigenvalue weighted by Crippen LogP contribution is -2.23. The number of nitrogens with zero attached hydrogens (tertiary/aromatic N) is 1. The van der Waals surface area contributed by atoms with Crippen molar-refractivity contribution in [3.05, 3.63) is 107 Å². The van der Waals surface area contributed by atoms with Crippen LogP contribution in [0, 0.1) is 11.6 Å². The molecule has 1 heterocycles. The fraction of sp³-hybridized carbons (Fsp3) is 0.0833. The van der Waals surface area contributed by atoms with Crippen LogP contribution in [0.2, 0.25) is 0 Å². The third-order valence-electron chi connectivity index (χ3n) is 4.51. The highest BCUT2D eigenvalue weighted by atomic mass is 32.1. The number of ether oxygens (including phenoxy) is 1. The molecule has 0 aliphatic heterocycles. The zero-order chi connectivity index (χ0) is 21.6. The molecule has 3 aromatic carbocycles. The fourth-order valence-electron chi connectivity index (χ4n) is 2.93. The molecule has 7 heteroatoms. The smallest absolute Gasteiger partial charge is 0.271 e. The van der Waals surface area contributed by atoms with Gasteiger partial charge in [0.25, 0.3) is 5.91 Å². The van der Waals surface area contributed by atoms with Crippen LogP contribution in [0.1, 0.15) is 21.6 Å². The van der Waals surface area contributed by atoms with Gasteiger partial charge in [0, 0.05) is 23.1 Å². The van der Waals surface area contributed by atoms with Gasteiger partial charge in [0.2, 0.25) is 0 Å². The number of carbonyl (C=O) groups excluding carboxylic acids is 1. The van der Waals surface area contributed by atoms with Crippen LogP contribution < -0.4 is 10.1 Å². The molecule has 0 saturated carbocycles. The van der Waals surface area contributed by atoms with Crippen LogP contribution in [0.25, 0.3) is 10.6 Å². The molecule has 0 radical (unpaired) electrons. The second kappa shape index (κ2) is 9.49. The van der Waals surface area contributed by atoms with Gasteiger partial charge in [0.15, 0.2) is 0 Å². The van der Waals surface area contributed by atoms with Crippen molar-refractivity contribution in [2.75, 3.05) is 0 Å². The Bertz CT molecular complexity index is 1210. The summed E-state index contributed by atoms with van der Waals surface area (Å²) in [7, 11) is 0. The maximum Gasteiger partial charge on any atom is 0.271 e. The Kier molecular flexibility index (Phi) is 6.33. The number of nitrogens with one attached hydrogen (secondary N) is 1. The monoisotopic (exact) mass is 436 g/mol. The summed E-state index contributed by atoms with van der Waals surface area (Å²) < 4.78 is 32.7. The molecule has 0 aliphatic rings. The number of aromatic nitrogens is 1. The van der Waals surface area contributed by atoms with E-state index in [4.69, 9.17) is 4.74 Å². The summed E-state index contributed by atoms with van der Waals surface area (Å²) in [6.45, 7) is 0.324. The van der Waals surface area contributed by atoms with Crippen molar-refractivity contribution in [3.8, 4) is 16.3 Å². The number of benzene rings is 3. The normalized spacial score (nSPS) is 10.6. The van der Waals surface area contributed by atoms with Crippen LogP contribution in [-0.2, 0) is 13.2 Å². The van der Waals surface area contributed by atoms with Crippen molar-refractivity contribution in [1.29, 1.82) is 0 Å². The summed E-state index contributed by atoms with van der Waals surface area (Å²) in [6.07, 6.45) is 0. The lowest BCUT2D eigenvalue weighted by Gasteiger charge is -2.08. The van der Waals surface area contributed by atoms with E-state index in [0.717, 1.165) is 5.56 Å². The Balaban J connectivity index is 1.40. The first kappa shape index (κ1) is 20.7. The number of halogens is 2. The molecule has 0 fully saturated rings. The lowest BCUT2D eigenvalue weighted by atomic mass is 10.2. The number of rotatable bonds is 7. The maximum absolute atomic E-state index is 13.8. The first-order valence-electron chi connectivity index (χ1n) is 9.53. The van der Waals surface area contributed by atoms with E-state index in [9.17, 15) is 13.6 Å². The maximum atomic E-state index is 13.8. The fourth-order valence-corrected chi connectivity index (χ4v) is 3.72. The van der Waals surface area contributed by atoms with Gasteiger partial charge in [-0.15, -0.1) is 11.3 Å².